The van der Waals surface area contributed by atoms with Crippen molar-refractivity contribution in [1.29, 1.82) is 0 Å². The number of nitrogens with one attached hydrogen (secondary N) is 3. The molecule has 1 unspecified atom stereocenters. The van der Waals surface area contributed by atoms with E-state index in [2.05, 4.69) is 25.3 Å². The van der Waals surface area contributed by atoms with Gasteiger partial charge >= 0.3 is 0 Å². The Morgan fingerprint density at radius 2 is 2.00 bits per heavy atom. The molecule has 0 saturated heterocycles. The van der Waals surface area contributed by atoms with Crippen LogP contribution in [0.1, 0.15) is 23.2 Å². The molecule has 1 aromatic rings. The third-order valence-corrected chi connectivity index (χ3v) is 6.65. The van der Waals surface area contributed by atoms with Crippen LogP contribution in [0.4, 0.5) is 5.69 Å². The Balaban J connectivity index is 1.54. The molecule has 1 aliphatic heterocycles. The highest BCUT2D eigenvalue weighted by Gasteiger charge is 2.27. The van der Waals surface area contributed by atoms with Crippen LogP contribution in [0.3, 0.4) is 0 Å². The predicted molar refractivity (Wildman–Crippen MR) is 127 cm³/mol. The maximum absolute atomic E-state index is 12.8. The van der Waals surface area contributed by atoms with E-state index in [0.717, 1.165) is 0 Å². The second kappa shape index (κ2) is 10.8. The molecular formula is C20H23Cl2N5O4S. The Labute approximate surface area is 196 Å². The molecule has 32 heavy (non-hydrogen) atoms. The van der Waals surface area contributed by atoms with Gasteiger partial charge in [-0.2, -0.15) is 0 Å². The molecule has 1 aliphatic carbocycles. The Bertz CT molecular complexity index is 1080. The van der Waals surface area contributed by atoms with Gasteiger partial charge in [0.25, 0.3) is 15.9 Å². The molecular weight excluding hydrogens is 477 g/mol. The number of carbonyl (C=O) groups is 1. The lowest BCUT2D eigenvalue weighted by molar-refractivity contribution is 0.0954. The molecule has 1 amide bonds. The number of sulfonamides is 1. The van der Waals surface area contributed by atoms with Crippen LogP contribution in [-0.4, -0.2) is 57.6 Å². The molecule has 1 atom stereocenters. The molecule has 9 nitrogen and oxygen atoms in total. The van der Waals surface area contributed by atoms with Crippen molar-refractivity contribution in [2.24, 2.45) is 9.98 Å². The summed E-state index contributed by atoms with van der Waals surface area (Å²) in [6, 6.07) is 6.10. The third kappa shape index (κ3) is 6.47. The van der Waals surface area contributed by atoms with Crippen LogP contribution in [-0.2, 0) is 14.8 Å². The number of carbonyl (C=O) groups excluding carboxylic acids is 1. The van der Waals surface area contributed by atoms with E-state index in [1.165, 1.54) is 31.4 Å². The molecule has 0 aromatic heterocycles. The minimum atomic E-state index is -3.87. The minimum Gasteiger partial charge on any atom is -0.496 e. The van der Waals surface area contributed by atoms with E-state index in [1.54, 1.807) is 12.2 Å². The number of amides is 1. The first-order chi connectivity index (χ1) is 15.3. The number of guanidine groups is 1. The van der Waals surface area contributed by atoms with Crippen molar-refractivity contribution in [2.45, 2.75) is 18.2 Å². The third-order valence-electron chi connectivity index (χ3n) is 4.56. The summed E-state index contributed by atoms with van der Waals surface area (Å²) in [6.45, 7) is 1.36. The number of halogens is 2. The Morgan fingerprint density at radius 1 is 1.25 bits per heavy atom. The summed E-state index contributed by atoms with van der Waals surface area (Å²) in [5.74, 6) is 0.402. The number of rotatable bonds is 8. The van der Waals surface area contributed by atoms with Gasteiger partial charge in [-0.05, 0) is 30.3 Å². The van der Waals surface area contributed by atoms with Crippen molar-refractivity contribution in [1.82, 2.24) is 10.6 Å². The molecule has 0 fully saturated rings. The quantitative estimate of drug-likeness (QED) is 0.374. The van der Waals surface area contributed by atoms with Crippen molar-refractivity contribution in [3.8, 4) is 0 Å². The summed E-state index contributed by atoms with van der Waals surface area (Å²) >= 11 is 11.9. The van der Waals surface area contributed by atoms with Crippen LogP contribution in [0.15, 0.2) is 57.1 Å². The molecule has 0 radical (unpaired) electrons. The van der Waals surface area contributed by atoms with E-state index in [1.807, 2.05) is 0 Å². The summed E-state index contributed by atoms with van der Waals surface area (Å²) in [5, 5.41) is 5.82. The van der Waals surface area contributed by atoms with Gasteiger partial charge < -0.3 is 15.4 Å². The van der Waals surface area contributed by atoms with E-state index >= 15 is 0 Å². The van der Waals surface area contributed by atoms with Crippen molar-refractivity contribution in [3.63, 3.8) is 0 Å². The van der Waals surface area contributed by atoms with E-state index in [0.29, 0.717) is 48.4 Å². The summed E-state index contributed by atoms with van der Waals surface area (Å²) in [6.07, 6.45) is 3.97. The Morgan fingerprint density at radius 3 is 2.69 bits per heavy atom. The van der Waals surface area contributed by atoms with Crippen LogP contribution in [0, 0.1) is 0 Å². The number of anilines is 1. The first kappa shape index (κ1) is 24.1. The van der Waals surface area contributed by atoms with Crippen molar-refractivity contribution >= 4 is 56.0 Å². The SMILES string of the molecule is COC1=C(S(=O)(=O)Nc2ccc(C(=O)NCCNC3=NCCC(Cl)=N3)cc2)CC(Cl)C=C1. The molecule has 3 N–H and O–H groups in total. The zero-order valence-electron chi connectivity index (χ0n) is 17.3. The van der Waals surface area contributed by atoms with Gasteiger partial charge in [-0.25, -0.2) is 13.4 Å². The van der Waals surface area contributed by atoms with Crippen molar-refractivity contribution in [3.05, 3.63) is 52.6 Å². The van der Waals surface area contributed by atoms with Crippen LogP contribution in [0.2, 0.25) is 0 Å². The highest BCUT2D eigenvalue weighted by Crippen LogP contribution is 2.28. The number of ether oxygens (including phenoxy) is 1. The number of nitrogens with zero attached hydrogens (tertiary/aromatic N) is 2. The topological polar surface area (TPSA) is 121 Å². The lowest BCUT2D eigenvalue weighted by Gasteiger charge is -2.19. The van der Waals surface area contributed by atoms with Crippen LogP contribution < -0.4 is 15.4 Å². The largest absolute Gasteiger partial charge is 0.496 e. The van der Waals surface area contributed by atoms with Crippen molar-refractivity contribution < 1.29 is 17.9 Å². The molecule has 2 aliphatic rings. The smallest absolute Gasteiger partial charge is 0.261 e. The van der Waals surface area contributed by atoms with Gasteiger partial charge in [-0.3, -0.25) is 14.5 Å². The van der Waals surface area contributed by atoms with E-state index < -0.39 is 15.4 Å². The van der Waals surface area contributed by atoms with Gasteiger partial charge in [0.1, 0.15) is 15.8 Å². The average molecular weight is 500 g/mol. The zero-order chi connectivity index (χ0) is 23.1. The summed E-state index contributed by atoms with van der Waals surface area (Å²) in [7, 11) is -2.47. The molecule has 1 heterocycles. The second-order valence-corrected chi connectivity index (χ2v) is 9.58. The second-order valence-electron chi connectivity index (χ2n) is 6.88. The maximum Gasteiger partial charge on any atom is 0.261 e. The number of benzene rings is 1. The van der Waals surface area contributed by atoms with Gasteiger partial charge in [0, 0.05) is 43.7 Å². The normalized spacial score (nSPS) is 18.5. The zero-order valence-corrected chi connectivity index (χ0v) is 19.6. The van der Waals surface area contributed by atoms with Gasteiger partial charge in [0.05, 0.1) is 12.5 Å². The number of aliphatic imine (C=N–C) groups is 2. The van der Waals surface area contributed by atoms with E-state index in [9.17, 15) is 13.2 Å². The van der Waals surface area contributed by atoms with Gasteiger partial charge in [-0.15, -0.1) is 11.6 Å². The monoisotopic (exact) mass is 499 g/mol. The highest BCUT2D eigenvalue weighted by atomic mass is 35.5. The molecule has 0 saturated carbocycles. The Hall–Kier alpha value is -2.56. The van der Waals surface area contributed by atoms with E-state index in [-0.39, 0.29) is 23.0 Å². The van der Waals surface area contributed by atoms with Crippen LogP contribution in [0.25, 0.3) is 0 Å². The van der Waals surface area contributed by atoms with Crippen LogP contribution >= 0.6 is 23.2 Å². The standard InChI is InChI=1S/C20H23Cl2N5O4S/c1-31-16-7-4-14(21)12-17(16)32(29,30)27-15-5-2-13(3-6-15)19(28)23-10-11-25-20-24-9-8-18(22)26-20/h2-7,14,27H,8-12H2,1H3,(H,23,28)(H,24,25). The first-order valence-electron chi connectivity index (χ1n) is 9.80. The Kier molecular flexibility index (Phi) is 8.16. The number of allylic oxidation sites excluding steroid dienone is 3. The molecule has 3 rings (SSSR count). The molecule has 172 valence electrons. The molecule has 0 bridgehead atoms. The minimum absolute atomic E-state index is 0.0741. The first-order valence-corrected chi connectivity index (χ1v) is 12.1. The lowest BCUT2D eigenvalue weighted by Crippen LogP contribution is -2.35. The maximum atomic E-state index is 12.8. The van der Waals surface area contributed by atoms with Gasteiger partial charge in [0.2, 0.25) is 5.96 Å². The molecule has 12 heteroatoms. The van der Waals surface area contributed by atoms with Gasteiger partial charge in [-0.1, -0.05) is 17.7 Å². The highest BCUT2D eigenvalue weighted by molar-refractivity contribution is 7.96. The summed E-state index contributed by atoms with van der Waals surface area (Å²) in [5.41, 5.74) is 0.708. The molecule has 0 spiro atoms. The van der Waals surface area contributed by atoms with E-state index in [4.69, 9.17) is 27.9 Å². The predicted octanol–water partition coefficient (Wildman–Crippen LogP) is 2.57. The number of hydrogen-bond acceptors (Lipinski definition) is 7. The fourth-order valence-corrected chi connectivity index (χ4v) is 4.84. The number of methoxy groups -OCH3 is 1. The van der Waals surface area contributed by atoms with Crippen LogP contribution in [0.5, 0.6) is 0 Å². The average Bonchev–Trinajstić information content (AvgIpc) is 2.77. The number of hydrogen-bond donors (Lipinski definition) is 3. The number of alkyl halides is 1. The molecule has 1 aromatic carbocycles. The summed E-state index contributed by atoms with van der Waals surface area (Å²) in [4.78, 5) is 20.6. The fourth-order valence-electron chi connectivity index (χ4n) is 2.97. The fraction of sp³-hybridized carbons (Fsp3) is 0.350. The van der Waals surface area contributed by atoms with Gasteiger partial charge in [0.15, 0.2) is 0 Å². The summed E-state index contributed by atoms with van der Waals surface area (Å²) < 4.78 is 33.2. The lowest BCUT2D eigenvalue weighted by atomic mass is 10.1. The van der Waals surface area contributed by atoms with Crippen molar-refractivity contribution in [2.75, 3.05) is 31.5 Å².